The molecule has 0 saturated carbocycles. The van der Waals surface area contributed by atoms with Crippen molar-refractivity contribution in [3.05, 3.63) is 63.5 Å². The number of hydrogen-bond acceptors (Lipinski definition) is 7. The van der Waals surface area contributed by atoms with Gasteiger partial charge in [-0.25, -0.2) is 0 Å². The fourth-order valence-electron chi connectivity index (χ4n) is 3.03. The Balaban J connectivity index is 1.95. The first-order valence-electron chi connectivity index (χ1n) is 8.44. The zero-order chi connectivity index (χ0) is 19.8. The summed E-state index contributed by atoms with van der Waals surface area (Å²) in [5.41, 5.74) is 2.27. The van der Waals surface area contributed by atoms with Gasteiger partial charge in [-0.05, 0) is 25.1 Å². The van der Waals surface area contributed by atoms with Gasteiger partial charge in [-0.2, -0.15) is 0 Å². The zero-order valence-electron chi connectivity index (χ0n) is 15.0. The molecule has 0 spiro atoms. The maximum absolute atomic E-state index is 12.0. The Kier molecular flexibility index (Phi) is 4.82. The van der Waals surface area contributed by atoms with Gasteiger partial charge in [-0.1, -0.05) is 23.7 Å². The standard InChI is InChI=1S/C19H15ClN4O3S/c1-10(25)15-7-13-17(11-3-5-12(20)6-4-11)22-14(8-16(26)27-2)18-23-21-9-24(18)19(13)28-15/h3-7,9,14H,8H2,1-2H3/t14-/m0/s1. The van der Waals surface area contributed by atoms with E-state index in [0.717, 1.165) is 16.1 Å². The van der Waals surface area contributed by atoms with Gasteiger partial charge in [-0.15, -0.1) is 21.5 Å². The van der Waals surface area contributed by atoms with Crippen molar-refractivity contribution < 1.29 is 14.3 Å². The molecule has 0 fully saturated rings. The lowest BCUT2D eigenvalue weighted by Gasteiger charge is -2.11. The van der Waals surface area contributed by atoms with Crippen LogP contribution in [0.4, 0.5) is 0 Å². The van der Waals surface area contributed by atoms with Crippen LogP contribution >= 0.6 is 22.9 Å². The van der Waals surface area contributed by atoms with Crippen LogP contribution in [0, 0.1) is 0 Å². The highest BCUT2D eigenvalue weighted by molar-refractivity contribution is 7.17. The molecule has 4 rings (SSSR count). The Morgan fingerprint density at radius 1 is 1.29 bits per heavy atom. The van der Waals surface area contributed by atoms with E-state index in [0.29, 0.717) is 21.4 Å². The summed E-state index contributed by atoms with van der Waals surface area (Å²) in [6.07, 6.45) is 1.60. The molecule has 1 aliphatic heterocycles. The molecule has 1 atom stereocenters. The van der Waals surface area contributed by atoms with Crippen molar-refractivity contribution in [3.8, 4) is 5.00 Å². The van der Waals surface area contributed by atoms with Crippen molar-refractivity contribution in [3.63, 3.8) is 0 Å². The number of carbonyl (C=O) groups excluding carboxylic acids is 2. The minimum Gasteiger partial charge on any atom is -0.469 e. The van der Waals surface area contributed by atoms with Crippen molar-refractivity contribution in [2.75, 3.05) is 7.11 Å². The van der Waals surface area contributed by atoms with Gasteiger partial charge in [0.25, 0.3) is 0 Å². The summed E-state index contributed by atoms with van der Waals surface area (Å²) in [6.45, 7) is 1.53. The third kappa shape index (κ3) is 3.25. The Morgan fingerprint density at radius 3 is 2.71 bits per heavy atom. The summed E-state index contributed by atoms with van der Waals surface area (Å²) >= 11 is 7.38. The highest BCUT2D eigenvalue weighted by Crippen LogP contribution is 2.36. The fraction of sp³-hybridized carbons (Fsp3) is 0.211. The molecule has 2 aromatic heterocycles. The number of thiophene rings is 1. The highest BCUT2D eigenvalue weighted by Gasteiger charge is 2.30. The minimum absolute atomic E-state index is 0.0286. The molecule has 0 amide bonds. The zero-order valence-corrected chi connectivity index (χ0v) is 16.6. The second-order valence-corrected chi connectivity index (χ2v) is 7.69. The predicted octanol–water partition coefficient (Wildman–Crippen LogP) is 3.64. The van der Waals surface area contributed by atoms with Gasteiger partial charge in [0.05, 0.1) is 24.1 Å². The predicted molar refractivity (Wildman–Crippen MR) is 106 cm³/mol. The van der Waals surface area contributed by atoms with Gasteiger partial charge < -0.3 is 4.74 Å². The summed E-state index contributed by atoms with van der Waals surface area (Å²) in [4.78, 5) is 29.4. The molecule has 1 aliphatic rings. The number of halogens is 1. The van der Waals surface area contributed by atoms with Crippen LogP contribution < -0.4 is 0 Å². The first kappa shape index (κ1) is 18.5. The number of esters is 1. The molecule has 7 nitrogen and oxygen atoms in total. The molecule has 0 N–H and O–H groups in total. The van der Waals surface area contributed by atoms with Gasteiger partial charge in [-0.3, -0.25) is 19.1 Å². The molecular formula is C19H15ClN4O3S. The third-order valence-electron chi connectivity index (χ3n) is 4.40. The van der Waals surface area contributed by atoms with Crippen LogP contribution in [0.25, 0.3) is 5.00 Å². The molecule has 0 bridgehead atoms. The number of ketones is 1. The lowest BCUT2D eigenvalue weighted by atomic mass is 10.0. The summed E-state index contributed by atoms with van der Waals surface area (Å²) in [7, 11) is 1.34. The van der Waals surface area contributed by atoms with Gasteiger partial charge in [0.1, 0.15) is 17.4 Å². The summed E-state index contributed by atoms with van der Waals surface area (Å²) < 4.78 is 6.61. The van der Waals surface area contributed by atoms with Crippen molar-refractivity contribution >= 4 is 40.4 Å². The molecule has 0 saturated heterocycles. The second-order valence-electron chi connectivity index (χ2n) is 6.23. The average Bonchev–Trinajstić information content (AvgIpc) is 3.30. The Bertz CT molecular complexity index is 1100. The topological polar surface area (TPSA) is 86.4 Å². The van der Waals surface area contributed by atoms with E-state index >= 15 is 0 Å². The molecule has 0 aliphatic carbocycles. The number of fused-ring (bicyclic) bond motifs is 3. The van der Waals surface area contributed by atoms with Crippen molar-refractivity contribution in [1.82, 2.24) is 14.8 Å². The molecule has 0 radical (unpaired) electrons. The van der Waals surface area contributed by atoms with Gasteiger partial charge in [0, 0.05) is 16.1 Å². The van der Waals surface area contributed by atoms with Gasteiger partial charge >= 0.3 is 5.97 Å². The number of benzene rings is 1. The van der Waals surface area contributed by atoms with Crippen LogP contribution in [-0.4, -0.2) is 39.3 Å². The summed E-state index contributed by atoms with van der Waals surface area (Å²) in [5.74, 6) is 0.0928. The number of hydrogen-bond donors (Lipinski definition) is 0. The molecule has 28 heavy (non-hydrogen) atoms. The summed E-state index contributed by atoms with van der Waals surface area (Å²) in [5, 5.41) is 9.56. The van der Waals surface area contributed by atoms with Gasteiger partial charge in [0.2, 0.25) is 0 Å². The molecule has 3 heterocycles. The van der Waals surface area contributed by atoms with Crippen LogP contribution in [0.3, 0.4) is 0 Å². The van der Waals surface area contributed by atoms with E-state index in [9.17, 15) is 9.59 Å². The number of aliphatic imine (C=N–C) groups is 1. The smallest absolute Gasteiger partial charge is 0.308 e. The van der Waals surface area contributed by atoms with E-state index in [1.54, 1.807) is 23.0 Å². The monoisotopic (exact) mass is 414 g/mol. The molecule has 1 aromatic carbocycles. The number of carbonyl (C=O) groups is 2. The number of aromatic nitrogens is 3. The lowest BCUT2D eigenvalue weighted by Crippen LogP contribution is -2.11. The Morgan fingerprint density at radius 2 is 2.04 bits per heavy atom. The Labute approximate surface area is 169 Å². The van der Waals surface area contributed by atoms with E-state index < -0.39 is 12.0 Å². The van der Waals surface area contributed by atoms with Crippen molar-refractivity contribution in [2.45, 2.75) is 19.4 Å². The number of rotatable bonds is 4. The SMILES string of the molecule is COC(=O)C[C@@H]1N=C(c2ccc(Cl)cc2)c2cc(C(C)=O)sc2-n2cnnc21. The first-order chi connectivity index (χ1) is 13.5. The number of nitrogens with zero attached hydrogens (tertiary/aromatic N) is 4. The molecule has 9 heteroatoms. The van der Waals surface area contributed by atoms with E-state index in [2.05, 4.69) is 10.2 Å². The average molecular weight is 415 g/mol. The molecule has 3 aromatic rings. The van der Waals surface area contributed by atoms with Crippen LogP contribution in [-0.2, 0) is 9.53 Å². The maximum Gasteiger partial charge on any atom is 0.308 e. The largest absolute Gasteiger partial charge is 0.469 e. The number of Topliss-reactive ketones (excluding diaryl/α,β-unsaturated/α-hetero) is 1. The second kappa shape index (κ2) is 7.29. The molecule has 142 valence electrons. The number of methoxy groups -OCH3 is 1. The van der Waals surface area contributed by atoms with Crippen LogP contribution in [0.5, 0.6) is 0 Å². The Hall–Kier alpha value is -2.84. The van der Waals surface area contributed by atoms with E-state index in [-0.39, 0.29) is 12.2 Å². The quantitative estimate of drug-likeness (QED) is 0.480. The highest BCUT2D eigenvalue weighted by atomic mass is 35.5. The van der Waals surface area contributed by atoms with E-state index in [1.807, 2.05) is 18.2 Å². The van der Waals surface area contributed by atoms with Crippen LogP contribution in [0.2, 0.25) is 5.02 Å². The minimum atomic E-state index is -0.569. The molecular weight excluding hydrogens is 400 g/mol. The summed E-state index contributed by atoms with van der Waals surface area (Å²) in [6, 6.07) is 8.52. The van der Waals surface area contributed by atoms with Gasteiger partial charge in [0.15, 0.2) is 11.6 Å². The van der Waals surface area contributed by atoms with Crippen molar-refractivity contribution in [2.24, 2.45) is 4.99 Å². The molecule has 0 unspecified atom stereocenters. The number of ether oxygens (including phenoxy) is 1. The van der Waals surface area contributed by atoms with Crippen LogP contribution in [0.15, 0.2) is 41.7 Å². The van der Waals surface area contributed by atoms with Crippen LogP contribution in [0.1, 0.15) is 46.0 Å². The maximum atomic E-state index is 12.0. The fourth-order valence-corrected chi connectivity index (χ4v) is 4.19. The third-order valence-corrected chi connectivity index (χ3v) is 5.88. The van der Waals surface area contributed by atoms with E-state index in [4.69, 9.17) is 21.3 Å². The lowest BCUT2D eigenvalue weighted by molar-refractivity contribution is -0.141. The van der Waals surface area contributed by atoms with Crippen molar-refractivity contribution in [1.29, 1.82) is 0 Å². The normalized spacial score (nSPS) is 15.2. The first-order valence-corrected chi connectivity index (χ1v) is 9.63. The van der Waals surface area contributed by atoms with E-state index in [1.165, 1.54) is 25.4 Å².